The number of anilines is 1. The SMILES string of the molecule is Cc1cc(OCCCc2c3n(c4c(-c5c(C)nc(CN6CCNCC6)nc5C)c(Cl)ccc24)[C@H](C)CN(c2cn(C)c4ccc(C(=O)O)cc24)C3=O)cc(C)c1Cl. The third-order valence-corrected chi connectivity index (χ3v) is 12.4. The van der Waals surface area contributed by atoms with E-state index in [-0.39, 0.29) is 17.5 Å². The summed E-state index contributed by atoms with van der Waals surface area (Å²) in [7, 11) is 1.91. The number of benzene rings is 3. The first-order chi connectivity index (χ1) is 27.3. The molecule has 0 saturated carbocycles. The number of carboxylic acids is 1. The first kappa shape index (κ1) is 38.9. The molecule has 2 N–H and O–H groups in total. The fourth-order valence-electron chi connectivity index (χ4n) is 8.81. The van der Waals surface area contributed by atoms with Gasteiger partial charge >= 0.3 is 5.97 Å². The number of carboxylic acid groups (broad SMARTS) is 1. The Balaban J connectivity index is 1.25. The van der Waals surface area contributed by atoms with Gasteiger partial charge in [-0.2, -0.15) is 0 Å². The van der Waals surface area contributed by atoms with Gasteiger partial charge in [0.1, 0.15) is 17.3 Å². The highest BCUT2D eigenvalue weighted by atomic mass is 35.5. The van der Waals surface area contributed by atoms with Gasteiger partial charge in [0.25, 0.3) is 5.91 Å². The largest absolute Gasteiger partial charge is 0.494 e. The molecule has 1 saturated heterocycles. The van der Waals surface area contributed by atoms with Crippen LogP contribution in [0.2, 0.25) is 10.0 Å². The Morgan fingerprint density at radius 2 is 1.67 bits per heavy atom. The summed E-state index contributed by atoms with van der Waals surface area (Å²) >= 11 is 13.6. The Hall–Kier alpha value is -4.94. The summed E-state index contributed by atoms with van der Waals surface area (Å²) in [5.41, 5.74) is 9.33. The number of hydrogen-bond acceptors (Lipinski definition) is 7. The quantitative estimate of drug-likeness (QED) is 0.133. The number of halogens is 2. The lowest BCUT2D eigenvalue weighted by Crippen LogP contribution is -2.43. The van der Waals surface area contributed by atoms with Crippen LogP contribution in [0.3, 0.4) is 0 Å². The Labute approximate surface area is 342 Å². The number of aromatic carboxylic acids is 1. The molecular formula is C44H47Cl2N7O4. The zero-order valence-corrected chi connectivity index (χ0v) is 34.7. The fourth-order valence-corrected chi connectivity index (χ4v) is 9.16. The topological polar surface area (TPSA) is 118 Å². The first-order valence-electron chi connectivity index (χ1n) is 19.5. The third-order valence-electron chi connectivity index (χ3n) is 11.5. The number of fused-ring (bicyclic) bond motifs is 4. The standard InChI is InChI=1S/C44H47Cl2N7O4/c1-24-18-30(19-25(2)40(24)46)57-17-7-8-31-32-10-11-34(45)39(38-27(4)48-37(49-28(38)5)23-51-15-13-47-14-16-51)41(32)53-26(3)21-52(43(54)42(31)53)36-22-50(6)35-12-9-29(44(55)56)20-33(35)36/h9-12,18-20,22,26,47H,7-8,13-17,21,23H2,1-6H3,(H,55,56)/t26-/m1/s1. The molecule has 3 aromatic heterocycles. The highest BCUT2D eigenvalue weighted by Gasteiger charge is 2.37. The van der Waals surface area contributed by atoms with E-state index in [1.807, 2.05) is 69.8 Å². The van der Waals surface area contributed by atoms with Crippen LogP contribution in [-0.2, 0) is 20.0 Å². The molecular weight excluding hydrogens is 761 g/mol. The zero-order valence-electron chi connectivity index (χ0n) is 33.2. The van der Waals surface area contributed by atoms with E-state index in [2.05, 4.69) is 21.7 Å². The molecule has 1 fully saturated rings. The normalized spacial score (nSPS) is 16.2. The maximum atomic E-state index is 15.2. The molecule has 0 unspecified atom stereocenters. The van der Waals surface area contributed by atoms with Gasteiger partial charge in [-0.15, -0.1) is 0 Å². The smallest absolute Gasteiger partial charge is 0.335 e. The minimum Gasteiger partial charge on any atom is -0.494 e. The average molecular weight is 809 g/mol. The summed E-state index contributed by atoms with van der Waals surface area (Å²) in [5.74, 6) is 0.360. The highest BCUT2D eigenvalue weighted by molar-refractivity contribution is 6.35. The minimum absolute atomic E-state index is 0.157. The number of amides is 1. The monoisotopic (exact) mass is 807 g/mol. The molecule has 5 heterocycles. The van der Waals surface area contributed by atoms with Crippen molar-refractivity contribution in [1.29, 1.82) is 0 Å². The lowest BCUT2D eigenvalue weighted by atomic mass is 9.97. The third kappa shape index (κ3) is 7.05. The van der Waals surface area contributed by atoms with Crippen LogP contribution in [0, 0.1) is 27.7 Å². The van der Waals surface area contributed by atoms with Crippen LogP contribution >= 0.6 is 23.2 Å². The highest BCUT2D eigenvalue weighted by Crippen LogP contribution is 2.45. The fraction of sp³-hybridized carbons (Fsp3) is 0.364. The number of carbonyl (C=O) groups excluding carboxylic acids is 1. The number of aryl methyl sites for hydroxylation is 6. The van der Waals surface area contributed by atoms with Crippen molar-refractivity contribution in [2.24, 2.45) is 7.05 Å². The number of piperazine rings is 1. The number of nitrogens with zero attached hydrogens (tertiary/aromatic N) is 6. The van der Waals surface area contributed by atoms with E-state index in [4.69, 9.17) is 37.9 Å². The summed E-state index contributed by atoms with van der Waals surface area (Å²) in [6, 6.07) is 12.7. The Kier molecular flexibility index (Phi) is 10.5. The van der Waals surface area contributed by atoms with Crippen LogP contribution in [0.1, 0.15) is 74.1 Å². The van der Waals surface area contributed by atoms with Crippen molar-refractivity contribution >= 4 is 62.6 Å². The maximum Gasteiger partial charge on any atom is 0.335 e. The number of carbonyl (C=O) groups is 2. The van der Waals surface area contributed by atoms with Crippen molar-refractivity contribution in [1.82, 2.24) is 29.3 Å². The molecule has 8 rings (SSSR count). The van der Waals surface area contributed by atoms with E-state index in [0.717, 1.165) is 98.4 Å². The lowest BCUT2D eigenvalue weighted by Gasteiger charge is -2.34. The van der Waals surface area contributed by atoms with Gasteiger partial charge in [0.05, 0.1) is 34.9 Å². The zero-order chi connectivity index (χ0) is 40.3. The number of ether oxygens (including phenoxy) is 1. The Morgan fingerprint density at radius 1 is 0.965 bits per heavy atom. The number of hydrogen-bond donors (Lipinski definition) is 2. The molecule has 13 heteroatoms. The number of nitrogens with one attached hydrogen (secondary N) is 1. The Morgan fingerprint density at radius 3 is 2.35 bits per heavy atom. The summed E-state index contributed by atoms with van der Waals surface area (Å²) in [6.07, 6.45) is 3.12. The lowest BCUT2D eigenvalue weighted by molar-refractivity contribution is 0.0696. The van der Waals surface area contributed by atoms with Gasteiger partial charge in [-0.05, 0) is 101 Å². The minimum atomic E-state index is -1.02. The molecule has 2 aliphatic heterocycles. The van der Waals surface area contributed by atoms with Gasteiger partial charge < -0.3 is 29.2 Å². The van der Waals surface area contributed by atoms with Gasteiger partial charge in [-0.25, -0.2) is 14.8 Å². The van der Waals surface area contributed by atoms with Crippen LogP contribution in [0.5, 0.6) is 5.75 Å². The van der Waals surface area contributed by atoms with Crippen LogP contribution in [-0.4, -0.2) is 80.3 Å². The van der Waals surface area contributed by atoms with E-state index < -0.39 is 5.97 Å². The first-order valence-corrected chi connectivity index (χ1v) is 20.2. The summed E-state index contributed by atoms with van der Waals surface area (Å²) in [4.78, 5) is 41.4. The summed E-state index contributed by atoms with van der Waals surface area (Å²) in [5, 5.41) is 16.2. The molecule has 57 heavy (non-hydrogen) atoms. The number of rotatable bonds is 10. The predicted octanol–water partition coefficient (Wildman–Crippen LogP) is 8.47. The molecule has 296 valence electrons. The summed E-state index contributed by atoms with van der Waals surface area (Å²) < 4.78 is 10.4. The molecule has 0 radical (unpaired) electrons. The molecule has 2 aliphatic rings. The molecule has 1 atom stereocenters. The molecule has 0 aliphatic carbocycles. The van der Waals surface area contributed by atoms with Crippen molar-refractivity contribution in [2.75, 3.05) is 44.2 Å². The molecule has 0 bridgehead atoms. The van der Waals surface area contributed by atoms with Crippen molar-refractivity contribution in [3.63, 3.8) is 0 Å². The van der Waals surface area contributed by atoms with Crippen molar-refractivity contribution < 1.29 is 19.4 Å². The van der Waals surface area contributed by atoms with Gasteiger partial charge in [0.2, 0.25) is 0 Å². The second-order valence-electron chi connectivity index (χ2n) is 15.5. The summed E-state index contributed by atoms with van der Waals surface area (Å²) in [6.45, 7) is 15.3. The molecule has 11 nitrogen and oxygen atoms in total. The van der Waals surface area contributed by atoms with E-state index in [9.17, 15) is 9.90 Å². The maximum absolute atomic E-state index is 15.2. The van der Waals surface area contributed by atoms with Gasteiger partial charge in [-0.1, -0.05) is 29.3 Å². The van der Waals surface area contributed by atoms with E-state index in [1.165, 1.54) is 0 Å². The number of aromatic nitrogens is 4. The molecule has 1 amide bonds. The van der Waals surface area contributed by atoms with Crippen molar-refractivity contribution in [3.8, 4) is 16.9 Å². The Bertz CT molecular complexity index is 2540. The van der Waals surface area contributed by atoms with E-state index in [0.29, 0.717) is 54.3 Å². The van der Waals surface area contributed by atoms with Crippen LogP contribution in [0.4, 0.5) is 5.69 Å². The molecule has 3 aromatic carbocycles. The van der Waals surface area contributed by atoms with Crippen molar-refractivity contribution in [3.05, 3.63) is 104 Å². The van der Waals surface area contributed by atoms with Crippen LogP contribution in [0.25, 0.3) is 32.9 Å². The van der Waals surface area contributed by atoms with Gasteiger partial charge in [0.15, 0.2) is 0 Å². The second kappa shape index (κ2) is 15.4. The average Bonchev–Trinajstić information content (AvgIpc) is 3.69. The molecule has 0 spiro atoms. The van der Waals surface area contributed by atoms with Gasteiger partial charge in [-0.3, -0.25) is 9.69 Å². The van der Waals surface area contributed by atoms with E-state index >= 15 is 4.79 Å². The van der Waals surface area contributed by atoms with Crippen LogP contribution in [0.15, 0.2) is 48.7 Å². The van der Waals surface area contributed by atoms with E-state index in [1.54, 1.807) is 23.1 Å². The van der Waals surface area contributed by atoms with Crippen molar-refractivity contribution in [2.45, 2.75) is 60.0 Å². The second-order valence-corrected chi connectivity index (χ2v) is 16.3. The molecule has 6 aromatic rings. The van der Waals surface area contributed by atoms with Crippen LogP contribution < -0.4 is 15.0 Å². The van der Waals surface area contributed by atoms with Gasteiger partial charge in [0, 0.05) is 95.8 Å². The predicted molar refractivity (Wildman–Crippen MR) is 227 cm³/mol.